The number of hydrogen-bond acceptors (Lipinski definition) is 2. The Bertz CT molecular complexity index is 769. The van der Waals surface area contributed by atoms with E-state index in [9.17, 15) is 22.8 Å². The van der Waals surface area contributed by atoms with E-state index in [0.29, 0.717) is 17.7 Å². The van der Waals surface area contributed by atoms with Gasteiger partial charge in [-0.2, -0.15) is 13.2 Å². The van der Waals surface area contributed by atoms with E-state index in [1.54, 1.807) is 31.2 Å². The van der Waals surface area contributed by atoms with E-state index >= 15 is 0 Å². The fraction of sp³-hybridized carbons (Fsp3) is 0.263. The Labute approximate surface area is 149 Å². The lowest BCUT2D eigenvalue weighted by atomic mass is 10.0. The number of halogens is 3. The smallest absolute Gasteiger partial charge is 0.352 e. The van der Waals surface area contributed by atoms with E-state index < -0.39 is 17.8 Å². The van der Waals surface area contributed by atoms with Crippen molar-refractivity contribution < 1.29 is 22.8 Å². The van der Waals surface area contributed by atoms with Crippen LogP contribution in [0.2, 0.25) is 0 Å². The van der Waals surface area contributed by atoms with Crippen molar-refractivity contribution in [3.8, 4) is 0 Å². The topological polar surface area (TPSA) is 58.2 Å². The first-order chi connectivity index (χ1) is 12.2. The van der Waals surface area contributed by atoms with E-state index in [0.717, 1.165) is 17.7 Å². The number of rotatable bonds is 5. The maximum atomic E-state index is 12.6. The van der Waals surface area contributed by atoms with E-state index in [4.69, 9.17) is 0 Å². The normalized spacial score (nSPS) is 12.3. The molecule has 0 spiro atoms. The summed E-state index contributed by atoms with van der Waals surface area (Å²) in [6.07, 6.45) is -4.38. The van der Waals surface area contributed by atoms with Gasteiger partial charge in [-0.15, -0.1) is 0 Å². The van der Waals surface area contributed by atoms with Gasteiger partial charge in [-0.05, 0) is 42.3 Å². The molecule has 0 saturated carbocycles. The molecule has 0 aliphatic rings. The van der Waals surface area contributed by atoms with E-state index in [2.05, 4.69) is 10.6 Å². The maximum absolute atomic E-state index is 12.6. The van der Waals surface area contributed by atoms with Gasteiger partial charge >= 0.3 is 6.18 Å². The molecule has 0 fully saturated rings. The van der Waals surface area contributed by atoms with Crippen LogP contribution in [0.25, 0.3) is 0 Å². The fourth-order valence-corrected chi connectivity index (χ4v) is 2.32. The van der Waals surface area contributed by atoms with Crippen LogP contribution in [0.3, 0.4) is 0 Å². The Morgan fingerprint density at radius 2 is 1.58 bits per heavy atom. The largest absolute Gasteiger partial charge is 0.416 e. The van der Waals surface area contributed by atoms with Gasteiger partial charge in [-0.3, -0.25) is 9.59 Å². The molecule has 2 aromatic carbocycles. The Morgan fingerprint density at radius 3 is 2.08 bits per heavy atom. The van der Waals surface area contributed by atoms with Crippen LogP contribution in [-0.4, -0.2) is 11.8 Å². The summed E-state index contributed by atoms with van der Waals surface area (Å²) in [5, 5.41) is 5.41. The molecule has 2 amide bonds. The number of nitrogens with one attached hydrogen (secondary N) is 2. The molecular formula is C19H19F3N2O2. The molecular weight excluding hydrogens is 345 g/mol. The van der Waals surface area contributed by atoms with Crippen LogP contribution in [0.1, 0.15) is 46.9 Å². The molecule has 2 aromatic rings. The minimum atomic E-state index is -4.38. The second kappa shape index (κ2) is 8.03. The third-order valence-electron chi connectivity index (χ3n) is 3.84. The number of hydrogen-bond donors (Lipinski definition) is 2. The lowest BCUT2D eigenvalue weighted by Gasteiger charge is -2.16. The van der Waals surface area contributed by atoms with Crippen LogP contribution in [-0.2, 0) is 17.5 Å². The number of carbonyl (C=O) groups is 2. The minimum absolute atomic E-state index is 0.141. The molecule has 26 heavy (non-hydrogen) atoms. The first-order valence-electron chi connectivity index (χ1n) is 7.98. The zero-order chi connectivity index (χ0) is 19.3. The highest BCUT2D eigenvalue weighted by Crippen LogP contribution is 2.29. The summed E-state index contributed by atoms with van der Waals surface area (Å²) < 4.78 is 37.8. The summed E-state index contributed by atoms with van der Waals surface area (Å²) in [4.78, 5) is 23.2. The van der Waals surface area contributed by atoms with Crippen molar-refractivity contribution in [3.05, 3.63) is 70.8 Å². The highest BCUT2D eigenvalue weighted by Gasteiger charge is 2.30. The predicted octanol–water partition coefficient (Wildman–Crippen LogP) is 3.83. The molecule has 7 heteroatoms. The highest BCUT2D eigenvalue weighted by molar-refractivity contribution is 5.94. The number of amides is 2. The van der Waals surface area contributed by atoms with Crippen molar-refractivity contribution >= 4 is 11.8 Å². The van der Waals surface area contributed by atoms with Crippen LogP contribution >= 0.6 is 0 Å². The van der Waals surface area contributed by atoms with Gasteiger partial charge in [0.25, 0.3) is 5.91 Å². The van der Waals surface area contributed by atoms with E-state index in [1.807, 2.05) is 0 Å². The molecule has 0 aliphatic heterocycles. The SMILES string of the molecule is CC(=O)NCc1ccc(C(=O)N[C@H](C)c2ccc(C(F)(F)F)cc2)cc1. The van der Waals surface area contributed by atoms with E-state index in [1.165, 1.54) is 19.1 Å². The standard InChI is InChI=1S/C19H19F3N2O2/c1-12(15-7-9-17(10-8-15)19(20,21)22)24-18(26)16-5-3-14(4-6-16)11-23-13(2)25/h3-10,12H,11H2,1-2H3,(H,23,25)(H,24,26)/t12-/m1/s1. The molecule has 0 unspecified atom stereocenters. The van der Waals surface area contributed by atoms with Crippen LogP contribution in [0.4, 0.5) is 13.2 Å². The van der Waals surface area contributed by atoms with Crippen molar-refractivity contribution in [2.75, 3.05) is 0 Å². The van der Waals surface area contributed by atoms with Crippen molar-refractivity contribution in [2.24, 2.45) is 0 Å². The fourth-order valence-electron chi connectivity index (χ4n) is 2.32. The van der Waals surface area contributed by atoms with Crippen molar-refractivity contribution in [3.63, 3.8) is 0 Å². The molecule has 0 aliphatic carbocycles. The Hall–Kier alpha value is -2.83. The third-order valence-corrected chi connectivity index (χ3v) is 3.84. The zero-order valence-corrected chi connectivity index (χ0v) is 14.4. The molecule has 2 rings (SSSR count). The first-order valence-corrected chi connectivity index (χ1v) is 7.98. The molecule has 0 heterocycles. The Kier molecular flexibility index (Phi) is 6.02. The monoisotopic (exact) mass is 364 g/mol. The average molecular weight is 364 g/mol. The van der Waals surface area contributed by atoms with Crippen molar-refractivity contribution in [2.45, 2.75) is 32.6 Å². The molecule has 0 saturated heterocycles. The maximum Gasteiger partial charge on any atom is 0.416 e. The van der Waals surface area contributed by atoms with Gasteiger partial charge in [0.2, 0.25) is 5.91 Å². The molecule has 0 bridgehead atoms. The van der Waals surface area contributed by atoms with Gasteiger partial charge in [-0.1, -0.05) is 24.3 Å². The van der Waals surface area contributed by atoms with Gasteiger partial charge in [0.1, 0.15) is 0 Å². The summed E-state index contributed by atoms with van der Waals surface area (Å²) in [7, 11) is 0. The number of benzene rings is 2. The quantitative estimate of drug-likeness (QED) is 0.847. The Balaban J connectivity index is 1.99. The van der Waals surface area contributed by atoms with Gasteiger partial charge in [0.15, 0.2) is 0 Å². The van der Waals surface area contributed by atoms with Crippen LogP contribution in [0.15, 0.2) is 48.5 Å². The summed E-state index contributed by atoms with van der Waals surface area (Å²) in [6.45, 7) is 3.50. The van der Waals surface area contributed by atoms with Gasteiger partial charge in [0, 0.05) is 19.0 Å². The molecule has 0 radical (unpaired) electrons. The average Bonchev–Trinajstić information content (AvgIpc) is 2.59. The first kappa shape index (κ1) is 19.5. The molecule has 1 atom stereocenters. The van der Waals surface area contributed by atoms with Crippen LogP contribution < -0.4 is 10.6 Å². The summed E-state index contributed by atoms with van der Waals surface area (Å²) in [5.41, 5.74) is 1.13. The van der Waals surface area contributed by atoms with Crippen molar-refractivity contribution in [1.29, 1.82) is 0 Å². The van der Waals surface area contributed by atoms with Gasteiger partial charge < -0.3 is 10.6 Å². The lowest BCUT2D eigenvalue weighted by molar-refractivity contribution is -0.137. The minimum Gasteiger partial charge on any atom is -0.352 e. The highest BCUT2D eigenvalue weighted by atomic mass is 19.4. The second-order valence-corrected chi connectivity index (χ2v) is 5.92. The molecule has 0 aromatic heterocycles. The van der Waals surface area contributed by atoms with Gasteiger partial charge in [-0.25, -0.2) is 0 Å². The van der Waals surface area contributed by atoms with Crippen LogP contribution in [0, 0.1) is 0 Å². The Morgan fingerprint density at radius 1 is 1.00 bits per heavy atom. The second-order valence-electron chi connectivity index (χ2n) is 5.92. The van der Waals surface area contributed by atoms with Crippen molar-refractivity contribution in [1.82, 2.24) is 10.6 Å². The number of alkyl halides is 3. The number of carbonyl (C=O) groups excluding carboxylic acids is 2. The third kappa shape index (κ3) is 5.34. The van der Waals surface area contributed by atoms with Crippen LogP contribution in [0.5, 0.6) is 0 Å². The predicted molar refractivity (Wildman–Crippen MR) is 91.3 cm³/mol. The summed E-state index contributed by atoms with van der Waals surface area (Å²) >= 11 is 0. The van der Waals surface area contributed by atoms with E-state index in [-0.39, 0.29) is 11.8 Å². The summed E-state index contributed by atoms with van der Waals surface area (Å²) in [6, 6.07) is 11.0. The molecule has 4 nitrogen and oxygen atoms in total. The molecule has 138 valence electrons. The zero-order valence-electron chi connectivity index (χ0n) is 14.4. The molecule has 2 N–H and O–H groups in total. The summed E-state index contributed by atoms with van der Waals surface area (Å²) in [5.74, 6) is -0.472. The lowest BCUT2D eigenvalue weighted by Crippen LogP contribution is -2.26. The van der Waals surface area contributed by atoms with Gasteiger partial charge in [0.05, 0.1) is 11.6 Å².